The summed E-state index contributed by atoms with van der Waals surface area (Å²) in [5, 5.41) is 0. The quantitative estimate of drug-likeness (QED) is 0.414. The first-order valence-electron chi connectivity index (χ1n) is 5.19. The Bertz CT molecular complexity index is 396. The zero-order valence-corrected chi connectivity index (χ0v) is 9.34. The topological polar surface area (TPSA) is 17.1 Å². The maximum absolute atomic E-state index is 11.8. The third kappa shape index (κ3) is 3.25. The van der Waals surface area contributed by atoms with Crippen molar-refractivity contribution in [3.63, 3.8) is 0 Å². The third-order valence-electron chi connectivity index (χ3n) is 2.41. The first-order chi connectivity index (χ1) is 7.15. The summed E-state index contributed by atoms with van der Waals surface area (Å²) in [5.41, 5.74) is 3.08. The number of unbranched alkanes of at least 4 members (excludes halogenated alkanes) is 1. The molecule has 0 N–H and O–H groups in total. The number of hydrogen-bond acceptors (Lipinski definition) is 1. The van der Waals surface area contributed by atoms with E-state index in [4.69, 9.17) is 6.42 Å². The van der Waals surface area contributed by atoms with Crippen molar-refractivity contribution in [2.45, 2.75) is 33.1 Å². The van der Waals surface area contributed by atoms with Gasteiger partial charge in [-0.1, -0.05) is 23.8 Å². The van der Waals surface area contributed by atoms with E-state index >= 15 is 0 Å². The van der Waals surface area contributed by atoms with Crippen molar-refractivity contribution in [1.82, 2.24) is 0 Å². The van der Waals surface area contributed by atoms with Gasteiger partial charge in [-0.15, -0.1) is 12.3 Å². The number of ketones is 1. The molecule has 0 radical (unpaired) electrons. The van der Waals surface area contributed by atoms with Crippen LogP contribution in [-0.4, -0.2) is 5.78 Å². The van der Waals surface area contributed by atoms with Gasteiger partial charge < -0.3 is 0 Å². The molecule has 0 aromatic heterocycles. The summed E-state index contributed by atoms with van der Waals surface area (Å²) < 4.78 is 0. The number of aryl methyl sites for hydroxylation is 2. The summed E-state index contributed by atoms with van der Waals surface area (Å²) in [5.74, 6) is 2.74. The van der Waals surface area contributed by atoms with Gasteiger partial charge in [0.1, 0.15) is 0 Å². The van der Waals surface area contributed by atoms with Crippen LogP contribution >= 0.6 is 0 Å². The standard InChI is InChI=1S/C14H16O/c1-4-5-6-7-14(15)13-9-8-11(2)10-12(13)3/h1,8-10H,5-7H2,2-3H3. The Kier molecular flexibility index (Phi) is 4.12. The van der Waals surface area contributed by atoms with E-state index in [1.54, 1.807) is 0 Å². The molecule has 1 nitrogen and oxygen atoms in total. The molecular weight excluding hydrogens is 184 g/mol. The fraction of sp³-hybridized carbons (Fsp3) is 0.357. The fourth-order valence-electron chi connectivity index (χ4n) is 1.61. The molecule has 1 aromatic rings. The number of rotatable bonds is 4. The Morgan fingerprint density at radius 1 is 1.40 bits per heavy atom. The second-order valence-electron chi connectivity index (χ2n) is 3.80. The molecule has 0 amide bonds. The van der Waals surface area contributed by atoms with E-state index in [9.17, 15) is 4.79 Å². The summed E-state index contributed by atoms with van der Waals surface area (Å²) in [6.07, 6.45) is 7.15. The van der Waals surface area contributed by atoms with Crippen LogP contribution in [0.25, 0.3) is 0 Å². The second-order valence-corrected chi connectivity index (χ2v) is 3.80. The van der Waals surface area contributed by atoms with E-state index in [-0.39, 0.29) is 5.78 Å². The van der Waals surface area contributed by atoms with Crippen LogP contribution in [0.3, 0.4) is 0 Å². The van der Waals surface area contributed by atoms with Gasteiger partial charge in [0.25, 0.3) is 0 Å². The first kappa shape index (κ1) is 11.5. The number of hydrogen-bond donors (Lipinski definition) is 0. The summed E-state index contributed by atoms with van der Waals surface area (Å²) >= 11 is 0. The van der Waals surface area contributed by atoms with Crippen molar-refractivity contribution in [2.75, 3.05) is 0 Å². The van der Waals surface area contributed by atoms with Crippen LogP contribution in [0.1, 0.15) is 40.7 Å². The van der Waals surface area contributed by atoms with Crippen LogP contribution in [0.15, 0.2) is 18.2 Å². The van der Waals surface area contributed by atoms with E-state index in [0.29, 0.717) is 12.8 Å². The Hall–Kier alpha value is -1.55. The molecule has 0 spiro atoms. The van der Waals surface area contributed by atoms with Crippen LogP contribution in [0.4, 0.5) is 0 Å². The van der Waals surface area contributed by atoms with Crippen LogP contribution in [0.5, 0.6) is 0 Å². The highest BCUT2D eigenvalue weighted by molar-refractivity contribution is 5.97. The molecule has 0 saturated heterocycles. The fourth-order valence-corrected chi connectivity index (χ4v) is 1.61. The lowest BCUT2D eigenvalue weighted by atomic mass is 9.99. The maximum atomic E-state index is 11.8. The molecule has 1 rings (SSSR count). The molecule has 0 fully saturated rings. The lowest BCUT2D eigenvalue weighted by Crippen LogP contribution is -2.01. The van der Waals surface area contributed by atoms with E-state index in [2.05, 4.69) is 5.92 Å². The molecule has 1 aromatic carbocycles. The molecule has 0 bridgehead atoms. The van der Waals surface area contributed by atoms with Crippen molar-refractivity contribution in [3.05, 3.63) is 34.9 Å². The monoisotopic (exact) mass is 200 g/mol. The van der Waals surface area contributed by atoms with Gasteiger partial charge in [0.2, 0.25) is 0 Å². The van der Waals surface area contributed by atoms with Crippen molar-refractivity contribution in [2.24, 2.45) is 0 Å². The summed E-state index contributed by atoms with van der Waals surface area (Å²) in [4.78, 5) is 11.8. The van der Waals surface area contributed by atoms with Crippen LogP contribution in [0.2, 0.25) is 0 Å². The minimum Gasteiger partial charge on any atom is -0.294 e. The number of terminal acetylenes is 1. The average molecular weight is 200 g/mol. The van der Waals surface area contributed by atoms with Gasteiger partial charge in [-0.05, 0) is 25.8 Å². The van der Waals surface area contributed by atoms with E-state index < -0.39 is 0 Å². The highest BCUT2D eigenvalue weighted by Crippen LogP contribution is 2.13. The zero-order chi connectivity index (χ0) is 11.3. The average Bonchev–Trinajstić information content (AvgIpc) is 2.17. The summed E-state index contributed by atoms with van der Waals surface area (Å²) in [7, 11) is 0. The summed E-state index contributed by atoms with van der Waals surface area (Å²) in [6.45, 7) is 4.00. The zero-order valence-electron chi connectivity index (χ0n) is 9.34. The van der Waals surface area contributed by atoms with Crippen LogP contribution < -0.4 is 0 Å². The Balaban J connectivity index is 2.70. The van der Waals surface area contributed by atoms with Gasteiger partial charge in [-0.25, -0.2) is 0 Å². The predicted molar refractivity (Wildman–Crippen MR) is 62.9 cm³/mol. The molecule has 0 saturated carbocycles. The number of benzene rings is 1. The smallest absolute Gasteiger partial charge is 0.163 e. The highest BCUT2D eigenvalue weighted by atomic mass is 16.1. The largest absolute Gasteiger partial charge is 0.294 e. The maximum Gasteiger partial charge on any atom is 0.163 e. The molecule has 0 aliphatic carbocycles. The molecule has 0 unspecified atom stereocenters. The minimum atomic E-state index is 0.197. The number of carbonyl (C=O) groups excluding carboxylic acids is 1. The molecule has 1 heteroatoms. The predicted octanol–water partition coefficient (Wildman–Crippen LogP) is 3.29. The highest BCUT2D eigenvalue weighted by Gasteiger charge is 2.07. The van der Waals surface area contributed by atoms with E-state index in [1.807, 2.05) is 32.0 Å². The van der Waals surface area contributed by atoms with Crippen molar-refractivity contribution in [3.8, 4) is 12.3 Å². The van der Waals surface area contributed by atoms with Crippen LogP contribution in [0, 0.1) is 26.2 Å². The molecule has 0 aliphatic heterocycles. The summed E-state index contributed by atoms with van der Waals surface area (Å²) in [6, 6.07) is 5.92. The van der Waals surface area contributed by atoms with Gasteiger partial charge in [0, 0.05) is 18.4 Å². The number of Topliss-reactive ketones (excluding diaryl/α,β-unsaturated/α-hetero) is 1. The van der Waals surface area contributed by atoms with Gasteiger partial charge in [0.05, 0.1) is 0 Å². The van der Waals surface area contributed by atoms with Gasteiger partial charge in [-0.3, -0.25) is 4.79 Å². The van der Waals surface area contributed by atoms with Crippen LogP contribution in [-0.2, 0) is 0 Å². The van der Waals surface area contributed by atoms with Gasteiger partial charge in [0.15, 0.2) is 5.78 Å². The molecule has 0 atom stereocenters. The third-order valence-corrected chi connectivity index (χ3v) is 2.41. The van der Waals surface area contributed by atoms with E-state index in [1.165, 1.54) is 5.56 Å². The Morgan fingerprint density at radius 3 is 2.73 bits per heavy atom. The molecule has 78 valence electrons. The minimum absolute atomic E-state index is 0.197. The van der Waals surface area contributed by atoms with E-state index in [0.717, 1.165) is 17.5 Å². The van der Waals surface area contributed by atoms with Gasteiger partial charge >= 0.3 is 0 Å². The molecule has 0 heterocycles. The molecular formula is C14H16O. The lowest BCUT2D eigenvalue weighted by Gasteiger charge is -2.05. The SMILES string of the molecule is C#CCCCC(=O)c1ccc(C)cc1C. The number of carbonyl (C=O) groups is 1. The first-order valence-corrected chi connectivity index (χ1v) is 5.19. The lowest BCUT2D eigenvalue weighted by molar-refractivity contribution is 0.0980. The van der Waals surface area contributed by atoms with Crippen molar-refractivity contribution >= 4 is 5.78 Å². The van der Waals surface area contributed by atoms with Crippen molar-refractivity contribution in [1.29, 1.82) is 0 Å². The Morgan fingerprint density at radius 2 is 2.13 bits per heavy atom. The Labute approximate surface area is 91.5 Å². The molecule has 15 heavy (non-hydrogen) atoms. The van der Waals surface area contributed by atoms with Gasteiger partial charge in [-0.2, -0.15) is 0 Å². The molecule has 0 aliphatic rings. The van der Waals surface area contributed by atoms with Crippen molar-refractivity contribution < 1.29 is 4.79 Å². The second kappa shape index (κ2) is 5.36. The normalized spacial score (nSPS) is 9.67.